The SMILES string of the molecule is Cc1cc(Cl)cc(-c2ncnc3cc(Cn4c(=O)ccn(CC(F)(F)F)c4=O)sc23)c1O[C@@H]1CNC[C@@H]1C. The van der Waals surface area contributed by atoms with Crippen molar-refractivity contribution < 1.29 is 17.9 Å². The van der Waals surface area contributed by atoms with Crippen LogP contribution in [0.3, 0.4) is 0 Å². The number of aryl methyl sites for hydroxylation is 1. The van der Waals surface area contributed by atoms with Crippen LogP contribution in [0.5, 0.6) is 5.75 Å². The number of ether oxygens (including phenoxy) is 1. The number of thiophene rings is 1. The molecular formula is C25H23ClF3N5O3S. The topological polar surface area (TPSA) is 91.0 Å². The third-order valence-electron chi connectivity index (χ3n) is 6.38. The van der Waals surface area contributed by atoms with Crippen LogP contribution < -0.4 is 21.3 Å². The highest BCUT2D eigenvalue weighted by atomic mass is 35.5. The molecule has 8 nitrogen and oxygen atoms in total. The van der Waals surface area contributed by atoms with Gasteiger partial charge in [0.1, 0.15) is 24.7 Å². The van der Waals surface area contributed by atoms with Gasteiger partial charge in [-0.3, -0.25) is 13.9 Å². The second kappa shape index (κ2) is 10.2. The lowest BCUT2D eigenvalue weighted by Gasteiger charge is -2.21. The molecular weight excluding hydrogens is 543 g/mol. The molecule has 1 saturated heterocycles. The fourth-order valence-electron chi connectivity index (χ4n) is 4.50. The zero-order valence-corrected chi connectivity index (χ0v) is 22.0. The minimum Gasteiger partial charge on any atom is -0.488 e. The van der Waals surface area contributed by atoms with Crippen molar-refractivity contribution >= 4 is 33.2 Å². The predicted molar refractivity (Wildman–Crippen MR) is 139 cm³/mol. The Balaban J connectivity index is 1.56. The van der Waals surface area contributed by atoms with Gasteiger partial charge in [0.2, 0.25) is 0 Å². The Morgan fingerprint density at radius 3 is 2.71 bits per heavy atom. The summed E-state index contributed by atoms with van der Waals surface area (Å²) in [5.41, 5.74) is 0.918. The molecule has 3 aromatic heterocycles. The number of nitrogens with one attached hydrogen (secondary N) is 1. The van der Waals surface area contributed by atoms with E-state index in [1.807, 2.05) is 13.0 Å². The molecule has 1 N–H and O–H groups in total. The summed E-state index contributed by atoms with van der Waals surface area (Å²) in [4.78, 5) is 34.4. The Morgan fingerprint density at radius 1 is 1.21 bits per heavy atom. The van der Waals surface area contributed by atoms with Gasteiger partial charge in [-0.2, -0.15) is 13.2 Å². The second-order valence-corrected chi connectivity index (χ2v) is 10.9. The van der Waals surface area contributed by atoms with Crippen LogP contribution in [-0.4, -0.2) is 44.5 Å². The van der Waals surface area contributed by atoms with Crippen molar-refractivity contribution in [2.24, 2.45) is 5.92 Å². The zero-order valence-electron chi connectivity index (χ0n) is 20.4. The van der Waals surface area contributed by atoms with E-state index in [0.29, 0.717) is 54.2 Å². The molecule has 0 radical (unpaired) electrons. The highest BCUT2D eigenvalue weighted by Crippen LogP contribution is 2.41. The van der Waals surface area contributed by atoms with E-state index in [4.69, 9.17) is 16.3 Å². The first-order valence-corrected chi connectivity index (χ1v) is 13.0. The normalized spacial score (nSPS) is 17.8. The maximum Gasteiger partial charge on any atom is 0.406 e. The monoisotopic (exact) mass is 565 g/mol. The van der Waals surface area contributed by atoms with Crippen LogP contribution in [0, 0.1) is 12.8 Å². The van der Waals surface area contributed by atoms with Crippen molar-refractivity contribution in [3.05, 3.63) is 73.1 Å². The summed E-state index contributed by atoms with van der Waals surface area (Å²) in [7, 11) is 0. The number of rotatable bonds is 6. The summed E-state index contributed by atoms with van der Waals surface area (Å²) in [5, 5.41) is 3.83. The van der Waals surface area contributed by atoms with Gasteiger partial charge in [-0.1, -0.05) is 18.5 Å². The third kappa shape index (κ3) is 5.33. The minimum atomic E-state index is -4.60. The molecule has 13 heteroatoms. The molecule has 1 fully saturated rings. The molecule has 1 aliphatic heterocycles. The largest absolute Gasteiger partial charge is 0.488 e. The average molecular weight is 566 g/mol. The van der Waals surface area contributed by atoms with E-state index in [2.05, 4.69) is 22.2 Å². The standard InChI is InChI=1S/C25H23ClF3N5O3S/c1-13-5-15(26)6-17(22(13)37-19-9-30-8-14(19)2)21-23-18(31-12-32-21)7-16(38-23)10-34-20(35)3-4-33(24(34)36)11-25(27,28)29/h3-7,12,14,19,30H,8-11H2,1-2H3/t14-,19+/m0/s1. The number of alkyl halides is 3. The Labute approximate surface area is 223 Å². The Bertz CT molecular complexity index is 1630. The first-order chi connectivity index (χ1) is 18.0. The first-order valence-electron chi connectivity index (χ1n) is 11.8. The van der Waals surface area contributed by atoms with E-state index in [9.17, 15) is 22.8 Å². The molecule has 1 aliphatic rings. The van der Waals surface area contributed by atoms with Crippen molar-refractivity contribution in [3.8, 4) is 17.0 Å². The third-order valence-corrected chi connectivity index (χ3v) is 7.71. The van der Waals surface area contributed by atoms with E-state index in [1.54, 1.807) is 12.1 Å². The van der Waals surface area contributed by atoms with E-state index < -0.39 is 24.0 Å². The second-order valence-electron chi connectivity index (χ2n) is 9.31. The van der Waals surface area contributed by atoms with Crippen LogP contribution >= 0.6 is 22.9 Å². The smallest absolute Gasteiger partial charge is 0.406 e. The summed E-state index contributed by atoms with van der Waals surface area (Å²) < 4.78 is 47.0. The van der Waals surface area contributed by atoms with Gasteiger partial charge >= 0.3 is 11.9 Å². The molecule has 2 atom stereocenters. The van der Waals surface area contributed by atoms with E-state index in [-0.39, 0.29) is 12.6 Å². The number of hydrogen-bond donors (Lipinski definition) is 1. The van der Waals surface area contributed by atoms with Crippen LogP contribution in [0.1, 0.15) is 17.4 Å². The Morgan fingerprint density at radius 2 is 2.00 bits per heavy atom. The van der Waals surface area contributed by atoms with Crippen molar-refractivity contribution in [1.29, 1.82) is 0 Å². The van der Waals surface area contributed by atoms with Crippen LogP contribution in [0.25, 0.3) is 21.5 Å². The predicted octanol–water partition coefficient (Wildman–Crippen LogP) is 4.24. The number of aromatic nitrogens is 4. The first kappa shape index (κ1) is 26.4. The van der Waals surface area contributed by atoms with E-state index >= 15 is 0 Å². The van der Waals surface area contributed by atoms with Crippen LogP contribution in [0.15, 0.2) is 46.4 Å². The van der Waals surface area contributed by atoms with E-state index in [0.717, 1.165) is 28.9 Å². The van der Waals surface area contributed by atoms with E-state index in [1.165, 1.54) is 17.7 Å². The molecule has 5 rings (SSSR count). The van der Waals surface area contributed by atoms with Crippen molar-refractivity contribution in [2.75, 3.05) is 13.1 Å². The zero-order chi connectivity index (χ0) is 27.2. The molecule has 0 saturated carbocycles. The van der Waals surface area contributed by atoms with Crippen molar-refractivity contribution in [1.82, 2.24) is 24.4 Å². The number of halogens is 4. The van der Waals surface area contributed by atoms with Crippen molar-refractivity contribution in [3.63, 3.8) is 0 Å². The molecule has 1 aromatic carbocycles. The summed E-state index contributed by atoms with van der Waals surface area (Å²) >= 11 is 7.66. The van der Waals surface area contributed by atoms with Gasteiger partial charge in [-0.05, 0) is 30.7 Å². The summed E-state index contributed by atoms with van der Waals surface area (Å²) in [6.07, 6.45) is -2.38. The number of fused-ring (bicyclic) bond motifs is 1. The highest BCUT2D eigenvalue weighted by molar-refractivity contribution is 7.19. The lowest BCUT2D eigenvalue weighted by Crippen LogP contribution is -2.41. The number of benzene rings is 1. The van der Waals surface area contributed by atoms with Gasteiger partial charge in [0.15, 0.2) is 0 Å². The van der Waals surface area contributed by atoms with Gasteiger partial charge in [0.05, 0.1) is 22.5 Å². The quantitative estimate of drug-likeness (QED) is 0.376. The maximum atomic E-state index is 12.9. The summed E-state index contributed by atoms with van der Waals surface area (Å²) in [5.74, 6) is 0.960. The Hall–Kier alpha value is -3.22. The molecule has 0 amide bonds. The summed E-state index contributed by atoms with van der Waals surface area (Å²) in [6.45, 7) is 3.88. The van der Waals surface area contributed by atoms with Crippen LogP contribution in [0.2, 0.25) is 5.02 Å². The van der Waals surface area contributed by atoms with Gasteiger partial charge in [-0.25, -0.2) is 14.8 Å². The van der Waals surface area contributed by atoms with Gasteiger partial charge in [0, 0.05) is 46.7 Å². The number of nitrogens with zero attached hydrogens (tertiary/aromatic N) is 4. The van der Waals surface area contributed by atoms with Crippen molar-refractivity contribution in [2.45, 2.75) is 39.2 Å². The van der Waals surface area contributed by atoms with Crippen LogP contribution in [-0.2, 0) is 13.1 Å². The molecule has 0 unspecified atom stereocenters. The number of hydrogen-bond acceptors (Lipinski definition) is 7. The highest BCUT2D eigenvalue weighted by Gasteiger charge is 2.29. The Kier molecular flexibility index (Phi) is 7.05. The van der Waals surface area contributed by atoms with Crippen LogP contribution in [0.4, 0.5) is 13.2 Å². The fourth-order valence-corrected chi connectivity index (χ4v) is 5.88. The summed E-state index contributed by atoms with van der Waals surface area (Å²) in [6, 6.07) is 6.23. The maximum absolute atomic E-state index is 12.9. The average Bonchev–Trinajstić information content (AvgIpc) is 3.44. The minimum absolute atomic E-state index is 0.0336. The van der Waals surface area contributed by atoms with Gasteiger partial charge < -0.3 is 10.1 Å². The molecule has 0 bridgehead atoms. The lowest BCUT2D eigenvalue weighted by atomic mass is 10.0. The molecule has 38 heavy (non-hydrogen) atoms. The molecule has 200 valence electrons. The molecule has 4 heterocycles. The molecule has 4 aromatic rings. The van der Waals surface area contributed by atoms with Gasteiger partial charge in [-0.15, -0.1) is 11.3 Å². The lowest BCUT2D eigenvalue weighted by molar-refractivity contribution is -0.141. The van der Waals surface area contributed by atoms with Gasteiger partial charge in [0.25, 0.3) is 5.56 Å². The molecule has 0 spiro atoms. The fraction of sp³-hybridized carbons (Fsp3) is 0.360. The molecule has 0 aliphatic carbocycles.